The molecule has 2 saturated heterocycles. The molecule has 0 saturated carbocycles. The van der Waals surface area contributed by atoms with Gasteiger partial charge in [-0.05, 0) is 32.9 Å². The molecule has 0 spiro atoms. The number of hydrogen-bond acceptors (Lipinski definition) is 20. The van der Waals surface area contributed by atoms with E-state index in [-0.39, 0.29) is 36.4 Å². The summed E-state index contributed by atoms with van der Waals surface area (Å²) in [5.41, 5.74) is 7.23. The standard InChI is InChI=1S/C26H33FN7O7P.C14H17FN6O3.CH4/c1-7-26(27)20(35)18(40-24(26)34-14-29-19-21(33(5)6)30-25(28)31-22(19)34)13-38-42(37,41-17-11-9-8-10-12-17)32-16(4)23(36)39-15(2)3;1-4-14(15)9(23)7(5-22)24-12(14)21-6-17-8-10(20(2)3)18-13(16)19-11(8)21;/h1,8-12,14-16,18,20,24,35H,13H2,2-6H3,(H,32,37)(H2,28,30,31);1,6-7,9,12,22-23H,5H2,2-3H3,(H2,16,18,19);1H4/t16-,18+,20+,24+,26+,42?;7-,9-,12-,14-;/m01./s1. The Bertz CT molecular complexity index is 2680. The smallest absolute Gasteiger partial charge is 0.459 e. The van der Waals surface area contributed by atoms with E-state index in [4.69, 9.17) is 47.6 Å². The Morgan fingerprint density at radius 3 is 1.78 bits per heavy atom. The van der Waals surface area contributed by atoms with Crippen molar-refractivity contribution in [1.29, 1.82) is 0 Å². The van der Waals surface area contributed by atoms with Gasteiger partial charge in [0.1, 0.15) is 36.2 Å². The molecule has 4 aromatic heterocycles. The number of nitrogens with two attached hydrogens (primary N) is 2. The van der Waals surface area contributed by atoms with Gasteiger partial charge in [-0.1, -0.05) is 37.5 Å². The summed E-state index contributed by atoms with van der Waals surface area (Å²) in [5.74, 6) is 4.02. The van der Waals surface area contributed by atoms with E-state index in [1.165, 1.54) is 40.8 Å². The van der Waals surface area contributed by atoms with Gasteiger partial charge in [0.2, 0.25) is 23.2 Å². The number of rotatable bonds is 14. The van der Waals surface area contributed by atoms with Crippen LogP contribution in [0.3, 0.4) is 0 Å². The van der Waals surface area contributed by atoms with Crippen LogP contribution in [-0.4, -0.2) is 150 Å². The van der Waals surface area contributed by atoms with Gasteiger partial charge in [0.05, 0.1) is 32.0 Å². The second-order valence-corrected chi connectivity index (χ2v) is 17.4. The normalized spacial score (nSPS) is 25.8. The van der Waals surface area contributed by atoms with Gasteiger partial charge in [-0.25, -0.2) is 23.3 Å². The minimum absolute atomic E-state index is 0. The summed E-state index contributed by atoms with van der Waals surface area (Å²) in [6.45, 7) is 3.50. The molecule has 26 heteroatoms. The number of carbonyl (C=O) groups excluding carboxylic acids is 1. The average Bonchev–Trinajstić information content (AvgIpc) is 4.01. The molecule has 0 amide bonds. The number of nitrogens with zero attached hydrogens (tertiary/aromatic N) is 10. The zero-order valence-electron chi connectivity index (χ0n) is 36.8. The van der Waals surface area contributed by atoms with E-state index in [9.17, 15) is 24.7 Å². The minimum Gasteiger partial charge on any atom is -0.462 e. The molecule has 0 bridgehead atoms. The van der Waals surface area contributed by atoms with Crippen molar-refractivity contribution >= 4 is 59.6 Å². The lowest BCUT2D eigenvalue weighted by Crippen LogP contribution is -2.42. The maximum atomic E-state index is 16.2. The molecular formula is C41H54F2N13O10P. The largest absolute Gasteiger partial charge is 0.462 e. The van der Waals surface area contributed by atoms with E-state index < -0.39 is 87.3 Å². The first-order valence-electron chi connectivity index (χ1n) is 20.0. The molecular weight excluding hydrogens is 904 g/mol. The monoisotopic (exact) mass is 957 g/mol. The number of imidazole rings is 2. The van der Waals surface area contributed by atoms with Crippen LogP contribution in [0, 0.1) is 24.7 Å². The lowest BCUT2D eigenvalue weighted by molar-refractivity contribution is -0.149. The number of anilines is 4. The summed E-state index contributed by atoms with van der Waals surface area (Å²) in [4.78, 5) is 40.7. The molecule has 2 fully saturated rings. The zero-order valence-corrected chi connectivity index (χ0v) is 37.7. The van der Waals surface area contributed by atoms with E-state index >= 15 is 8.78 Å². The highest BCUT2D eigenvalue weighted by Crippen LogP contribution is 2.48. The number of nitrogen functional groups attached to an aromatic ring is 2. The van der Waals surface area contributed by atoms with E-state index in [0.717, 1.165) is 0 Å². The van der Waals surface area contributed by atoms with Crippen molar-refractivity contribution in [2.24, 2.45) is 0 Å². The number of nitrogens with one attached hydrogen (secondary N) is 1. The van der Waals surface area contributed by atoms with Crippen LogP contribution < -0.4 is 30.9 Å². The van der Waals surface area contributed by atoms with Crippen LogP contribution >= 0.6 is 7.75 Å². The second kappa shape index (κ2) is 20.3. The summed E-state index contributed by atoms with van der Waals surface area (Å²) < 4.78 is 75.2. The van der Waals surface area contributed by atoms with Crippen molar-refractivity contribution in [2.45, 2.75) is 88.6 Å². The summed E-state index contributed by atoms with van der Waals surface area (Å²) in [7, 11) is 2.59. The SMILES string of the molecule is C.C#C[C@@]1(F)[C@H](O)[C@@H](CO)O[C@H]1n1cnc2c(N(C)C)nc(N)nc21.C#C[C@@]1(F)[C@H](O)[C@@H](COP(=O)(N[C@@H](C)C(=O)OC(C)C)Oc2ccccc2)O[C@H]1n1cnc2c(N(C)C)nc(N)nc21. The van der Waals surface area contributed by atoms with Crippen molar-refractivity contribution in [2.75, 3.05) is 62.7 Å². The number of aliphatic hydroxyl groups is 3. The Morgan fingerprint density at radius 1 is 0.881 bits per heavy atom. The highest BCUT2D eigenvalue weighted by atomic mass is 31.2. The van der Waals surface area contributed by atoms with Crippen LogP contribution in [0.1, 0.15) is 40.7 Å². The van der Waals surface area contributed by atoms with E-state index in [0.29, 0.717) is 22.7 Å². The van der Waals surface area contributed by atoms with Gasteiger partial charge in [0.15, 0.2) is 46.4 Å². The van der Waals surface area contributed by atoms with Gasteiger partial charge in [0.25, 0.3) is 0 Å². The summed E-state index contributed by atoms with van der Waals surface area (Å²) in [6.07, 6.45) is 3.66. The van der Waals surface area contributed by atoms with Crippen LogP contribution in [0.2, 0.25) is 0 Å². The number of alkyl halides is 2. The summed E-state index contributed by atoms with van der Waals surface area (Å²) >= 11 is 0. The van der Waals surface area contributed by atoms with E-state index in [1.54, 1.807) is 70.0 Å². The molecule has 1 aromatic carbocycles. The topological polar surface area (TPSA) is 299 Å². The Balaban J connectivity index is 0.000000285. The molecule has 1 unspecified atom stereocenters. The molecule has 362 valence electrons. The molecule has 5 aromatic rings. The fourth-order valence-electron chi connectivity index (χ4n) is 6.94. The van der Waals surface area contributed by atoms with E-state index in [1.807, 2.05) is 11.8 Å². The molecule has 2 aliphatic rings. The van der Waals surface area contributed by atoms with Gasteiger partial charge in [-0.3, -0.25) is 18.5 Å². The number of aliphatic hydroxyl groups excluding tert-OH is 3. The molecule has 23 nitrogen and oxygen atoms in total. The molecule has 0 aliphatic carbocycles. The third kappa shape index (κ3) is 10.2. The Kier molecular flexibility index (Phi) is 15.7. The van der Waals surface area contributed by atoms with Gasteiger partial charge in [0, 0.05) is 28.2 Å². The van der Waals surface area contributed by atoms with Crippen molar-refractivity contribution < 1.29 is 56.7 Å². The van der Waals surface area contributed by atoms with Crippen LogP contribution in [0.25, 0.3) is 22.3 Å². The fraction of sp³-hybridized carbons (Fsp3) is 0.488. The number of fused-ring (bicyclic) bond motifs is 2. The van der Waals surface area contributed by atoms with Gasteiger partial charge < -0.3 is 55.3 Å². The summed E-state index contributed by atoms with van der Waals surface area (Å²) in [5, 5.41) is 32.8. The predicted molar refractivity (Wildman–Crippen MR) is 242 cm³/mol. The Morgan fingerprint density at radius 2 is 1.34 bits per heavy atom. The first-order valence-corrected chi connectivity index (χ1v) is 21.6. The first kappa shape index (κ1) is 51.7. The highest BCUT2D eigenvalue weighted by molar-refractivity contribution is 7.52. The number of hydrogen-bond donors (Lipinski definition) is 6. The lowest BCUT2D eigenvalue weighted by Gasteiger charge is -2.25. The third-order valence-corrected chi connectivity index (χ3v) is 11.8. The number of benzene rings is 1. The van der Waals surface area contributed by atoms with Gasteiger partial charge in [-0.2, -0.15) is 25.0 Å². The van der Waals surface area contributed by atoms with Crippen LogP contribution in [0.4, 0.5) is 32.3 Å². The predicted octanol–water partition coefficient (Wildman–Crippen LogP) is 1.91. The number of terminal acetylenes is 2. The number of carbonyl (C=O) groups is 1. The molecule has 2 aliphatic heterocycles. The van der Waals surface area contributed by atoms with Gasteiger partial charge in [-0.15, -0.1) is 12.8 Å². The summed E-state index contributed by atoms with van der Waals surface area (Å²) in [6, 6.07) is 6.93. The molecule has 67 heavy (non-hydrogen) atoms. The number of ether oxygens (including phenoxy) is 3. The fourth-order valence-corrected chi connectivity index (χ4v) is 8.44. The number of aromatic nitrogens is 8. The van der Waals surface area contributed by atoms with Crippen LogP contribution in [0.5, 0.6) is 5.75 Å². The van der Waals surface area contributed by atoms with Crippen molar-refractivity contribution in [3.05, 3.63) is 43.0 Å². The van der Waals surface area contributed by atoms with Crippen molar-refractivity contribution in [3.63, 3.8) is 0 Å². The third-order valence-electron chi connectivity index (χ3n) is 10.1. The lowest BCUT2D eigenvalue weighted by atomic mass is 9.97. The van der Waals surface area contributed by atoms with E-state index in [2.05, 4.69) is 35.0 Å². The molecule has 7 rings (SSSR count). The van der Waals surface area contributed by atoms with Crippen LogP contribution in [-0.2, 0) is 28.1 Å². The first-order chi connectivity index (χ1) is 31.1. The zero-order chi connectivity index (χ0) is 48.5. The Labute approximate surface area is 384 Å². The van der Waals surface area contributed by atoms with Crippen LogP contribution in [0.15, 0.2) is 43.0 Å². The minimum atomic E-state index is -4.34. The molecule has 8 N–H and O–H groups in total. The average molecular weight is 958 g/mol. The van der Waals surface area contributed by atoms with Gasteiger partial charge >= 0.3 is 13.7 Å². The number of para-hydroxylation sites is 1. The Hall–Kier alpha value is -6.28. The molecule has 0 radical (unpaired) electrons. The molecule has 10 atom stereocenters. The second-order valence-electron chi connectivity index (χ2n) is 15.7. The number of halogens is 2. The maximum Gasteiger partial charge on any atom is 0.459 e. The molecule has 6 heterocycles. The van der Waals surface area contributed by atoms with Crippen molar-refractivity contribution in [3.8, 4) is 30.4 Å². The number of esters is 1. The maximum absolute atomic E-state index is 16.2. The van der Waals surface area contributed by atoms with Crippen molar-refractivity contribution in [1.82, 2.24) is 44.1 Å². The highest BCUT2D eigenvalue weighted by Gasteiger charge is 2.59. The quantitative estimate of drug-likeness (QED) is 0.0526.